The Morgan fingerprint density at radius 2 is 1.70 bits per heavy atom. The standard InChI is InChI=1S/C15H28N2O2.ClH/c1-3-11-4-6-12(7-5-11)17(13-8-9-13)15(18)14(16)10-19-2;/h11-14H,3-10,16H2,1-2H3;1H. The van der Waals surface area contributed by atoms with Gasteiger partial charge in [0.05, 0.1) is 6.61 Å². The van der Waals surface area contributed by atoms with Gasteiger partial charge >= 0.3 is 0 Å². The zero-order chi connectivity index (χ0) is 13.8. The summed E-state index contributed by atoms with van der Waals surface area (Å²) in [5, 5.41) is 0. The van der Waals surface area contributed by atoms with E-state index in [0.717, 1.165) is 31.6 Å². The summed E-state index contributed by atoms with van der Waals surface area (Å²) in [6.07, 6.45) is 8.40. The number of carbonyl (C=O) groups excluding carboxylic acids is 1. The van der Waals surface area contributed by atoms with Crippen molar-refractivity contribution in [2.45, 2.75) is 70.0 Å². The second-order valence-corrected chi connectivity index (χ2v) is 6.12. The summed E-state index contributed by atoms with van der Waals surface area (Å²) in [6, 6.07) is 0.388. The van der Waals surface area contributed by atoms with E-state index in [0.29, 0.717) is 18.7 Å². The van der Waals surface area contributed by atoms with Crippen molar-refractivity contribution >= 4 is 18.3 Å². The Bertz CT molecular complexity index is 302. The molecule has 0 bridgehead atoms. The molecule has 0 aromatic carbocycles. The van der Waals surface area contributed by atoms with E-state index in [4.69, 9.17) is 10.5 Å². The highest BCUT2D eigenvalue weighted by molar-refractivity contribution is 5.85. The molecular formula is C15H29ClN2O2. The van der Waals surface area contributed by atoms with Crippen LogP contribution in [0.4, 0.5) is 0 Å². The first-order chi connectivity index (χ1) is 9.17. The van der Waals surface area contributed by atoms with E-state index < -0.39 is 6.04 Å². The maximum absolute atomic E-state index is 12.5. The van der Waals surface area contributed by atoms with Crippen molar-refractivity contribution in [1.29, 1.82) is 0 Å². The van der Waals surface area contributed by atoms with Crippen LogP contribution in [0.2, 0.25) is 0 Å². The molecule has 0 aromatic rings. The molecule has 1 atom stereocenters. The van der Waals surface area contributed by atoms with Crippen molar-refractivity contribution in [3.8, 4) is 0 Å². The van der Waals surface area contributed by atoms with Crippen molar-refractivity contribution in [1.82, 2.24) is 4.90 Å². The largest absolute Gasteiger partial charge is 0.383 e. The van der Waals surface area contributed by atoms with Gasteiger partial charge in [0.15, 0.2) is 0 Å². The van der Waals surface area contributed by atoms with Gasteiger partial charge in [-0.05, 0) is 44.4 Å². The minimum absolute atomic E-state index is 0. The summed E-state index contributed by atoms with van der Waals surface area (Å²) in [4.78, 5) is 14.6. The molecule has 0 spiro atoms. The van der Waals surface area contributed by atoms with Crippen LogP contribution in [0, 0.1) is 5.92 Å². The molecule has 2 aliphatic rings. The Labute approximate surface area is 128 Å². The van der Waals surface area contributed by atoms with E-state index in [1.807, 2.05) is 0 Å². The number of carbonyl (C=O) groups is 1. The molecule has 118 valence electrons. The molecule has 0 aromatic heterocycles. The minimum Gasteiger partial charge on any atom is -0.383 e. The van der Waals surface area contributed by atoms with Crippen LogP contribution in [-0.4, -0.2) is 42.6 Å². The maximum atomic E-state index is 12.5. The number of rotatable bonds is 6. The molecule has 4 nitrogen and oxygen atoms in total. The van der Waals surface area contributed by atoms with Gasteiger partial charge in [-0.15, -0.1) is 12.4 Å². The quantitative estimate of drug-likeness (QED) is 0.819. The molecule has 0 heterocycles. The Hall–Kier alpha value is -0.320. The van der Waals surface area contributed by atoms with Gasteiger partial charge in [0.1, 0.15) is 6.04 Å². The van der Waals surface area contributed by atoms with E-state index >= 15 is 0 Å². The van der Waals surface area contributed by atoms with Crippen LogP contribution in [0.5, 0.6) is 0 Å². The van der Waals surface area contributed by atoms with E-state index in [1.54, 1.807) is 7.11 Å². The summed E-state index contributed by atoms with van der Waals surface area (Å²) >= 11 is 0. The van der Waals surface area contributed by atoms with Crippen molar-refractivity contribution in [3.05, 3.63) is 0 Å². The number of amides is 1. The van der Waals surface area contributed by atoms with E-state index in [2.05, 4.69) is 11.8 Å². The molecular weight excluding hydrogens is 276 g/mol. The third-order valence-corrected chi connectivity index (χ3v) is 4.65. The van der Waals surface area contributed by atoms with E-state index in [1.165, 1.54) is 19.3 Å². The molecule has 5 heteroatoms. The first-order valence-electron chi connectivity index (χ1n) is 7.74. The monoisotopic (exact) mass is 304 g/mol. The molecule has 2 rings (SSSR count). The average Bonchev–Trinajstić information content (AvgIpc) is 3.24. The van der Waals surface area contributed by atoms with Crippen LogP contribution < -0.4 is 5.73 Å². The second-order valence-electron chi connectivity index (χ2n) is 6.12. The highest BCUT2D eigenvalue weighted by Crippen LogP contribution is 2.36. The number of ether oxygens (including phenoxy) is 1. The zero-order valence-corrected chi connectivity index (χ0v) is 13.5. The molecule has 2 fully saturated rings. The van der Waals surface area contributed by atoms with Gasteiger partial charge in [0, 0.05) is 19.2 Å². The molecule has 0 saturated heterocycles. The third kappa shape index (κ3) is 4.34. The van der Waals surface area contributed by atoms with Gasteiger partial charge in [0.2, 0.25) is 5.91 Å². The Balaban J connectivity index is 0.00000200. The van der Waals surface area contributed by atoms with Crippen LogP contribution in [0.1, 0.15) is 51.9 Å². The predicted octanol–water partition coefficient (Wildman–Crippen LogP) is 2.34. The van der Waals surface area contributed by atoms with Crippen LogP contribution in [-0.2, 0) is 9.53 Å². The van der Waals surface area contributed by atoms with Gasteiger partial charge in [-0.3, -0.25) is 4.79 Å². The van der Waals surface area contributed by atoms with Crippen LogP contribution >= 0.6 is 12.4 Å². The summed E-state index contributed by atoms with van der Waals surface area (Å²) in [6.45, 7) is 2.59. The van der Waals surface area contributed by atoms with Gasteiger partial charge in [-0.25, -0.2) is 0 Å². The summed E-state index contributed by atoms with van der Waals surface area (Å²) in [7, 11) is 1.60. The molecule has 0 radical (unpaired) electrons. The third-order valence-electron chi connectivity index (χ3n) is 4.65. The Kier molecular flexibility index (Phi) is 7.27. The lowest BCUT2D eigenvalue weighted by Gasteiger charge is -2.38. The number of nitrogens with zero attached hydrogens (tertiary/aromatic N) is 1. The lowest BCUT2D eigenvalue weighted by atomic mass is 9.83. The molecule has 2 saturated carbocycles. The number of hydrogen-bond donors (Lipinski definition) is 1. The SMILES string of the molecule is CCC1CCC(N(C(=O)C(N)COC)C2CC2)CC1.Cl. The first-order valence-corrected chi connectivity index (χ1v) is 7.74. The maximum Gasteiger partial charge on any atom is 0.242 e. The fourth-order valence-corrected chi connectivity index (χ4v) is 3.28. The molecule has 2 aliphatic carbocycles. The van der Waals surface area contributed by atoms with Crippen molar-refractivity contribution in [2.75, 3.05) is 13.7 Å². The first kappa shape index (κ1) is 17.7. The Morgan fingerprint density at radius 3 is 2.10 bits per heavy atom. The predicted molar refractivity (Wildman–Crippen MR) is 83.0 cm³/mol. The van der Waals surface area contributed by atoms with Gasteiger partial charge in [-0.1, -0.05) is 13.3 Å². The molecule has 2 N–H and O–H groups in total. The van der Waals surface area contributed by atoms with E-state index in [-0.39, 0.29) is 18.3 Å². The topological polar surface area (TPSA) is 55.6 Å². The minimum atomic E-state index is -0.491. The summed E-state index contributed by atoms with van der Waals surface area (Å²) < 4.78 is 5.02. The molecule has 0 aliphatic heterocycles. The number of halogens is 1. The Morgan fingerprint density at radius 1 is 1.20 bits per heavy atom. The van der Waals surface area contributed by atoms with Crippen molar-refractivity contribution < 1.29 is 9.53 Å². The molecule has 1 unspecified atom stereocenters. The normalized spacial score (nSPS) is 27.6. The van der Waals surface area contributed by atoms with Crippen LogP contribution in [0.3, 0.4) is 0 Å². The fourth-order valence-electron chi connectivity index (χ4n) is 3.28. The highest BCUT2D eigenvalue weighted by atomic mass is 35.5. The molecule has 1 amide bonds. The van der Waals surface area contributed by atoms with Crippen molar-refractivity contribution in [2.24, 2.45) is 11.7 Å². The summed E-state index contributed by atoms with van der Waals surface area (Å²) in [5.41, 5.74) is 5.94. The van der Waals surface area contributed by atoms with Crippen LogP contribution in [0.15, 0.2) is 0 Å². The smallest absolute Gasteiger partial charge is 0.242 e. The van der Waals surface area contributed by atoms with Gasteiger partial charge in [-0.2, -0.15) is 0 Å². The van der Waals surface area contributed by atoms with Crippen molar-refractivity contribution in [3.63, 3.8) is 0 Å². The second kappa shape index (κ2) is 8.20. The lowest BCUT2D eigenvalue weighted by Crippen LogP contribution is -2.52. The fraction of sp³-hybridized carbons (Fsp3) is 0.933. The number of methoxy groups -OCH3 is 1. The lowest BCUT2D eigenvalue weighted by molar-refractivity contribution is -0.137. The number of hydrogen-bond acceptors (Lipinski definition) is 3. The number of nitrogens with two attached hydrogens (primary N) is 1. The van der Waals surface area contributed by atoms with Gasteiger partial charge in [0.25, 0.3) is 0 Å². The van der Waals surface area contributed by atoms with Crippen LogP contribution in [0.25, 0.3) is 0 Å². The summed E-state index contributed by atoms with van der Waals surface area (Å²) in [5.74, 6) is 0.962. The van der Waals surface area contributed by atoms with Gasteiger partial charge < -0.3 is 15.4 Å². The zero-order valence-electron chi connectivity index (χ0n) is 12.7. The molecule has 20 heavy (non-hydrogen) atoms. The van der Waals surface area contributed by atoms with E-state index in [9.17, 15) is 4.79 Å². The average molecular weight is 305 g/mol. The highest BCUT2D eigenvalue weighted by Gasteiger charge is 2.40.